The molecule has 4 atom stereocenters. The van der Waals surface area contributed by atoms with Crippen LogP contribution in [0.4, 0.5) is 0 Å². The minimum Gasteiger partial charge on any atom is -0.480 e. The normalized spacial score (nSPS) is 14.0. The molecule has 4 rings (SSSR count). The summed E-state index contributed by atoms with van der Waals surface area (Å²) in [6.45, 7) is 1.30. The molecule has 13 heteroatoms. The van der Waals surface area contributed by atoms with Crippen LogP contribution in [-0.2, 0) is 36.8 Å². The van der Waals surface area contributed by atoms with E-state index in [1.807, 2.05) is 48.5 Å². The van der Waals surface area contributed by atoms with E-state index in [0.29, 0.717) is 5.56 Å². The fourth-order valence-electron chi connectivity index (χ4n) is 4.84. The maximum Gasteiger partial charge on any atom is 0.325 e. The summed E-state index contributed by atoms with van der Waals surface area (Å²) in [5.41, 5.74) is 14.8. The zero-order valence-electron chi connectivity index (χ0n) is 23.6. The van der Waals surface area contributed by atoms with Gasteiger partial charge in [0.2, 0.25) is 23.6 Å². The number of rotatable bonds is 14. The number of carbonyl (C=O) groups excluding carboxylic acids is 4. The number of carboxylic acids is 1. The molecule has 10 N–H and O–H groups in total. The highest BCUT2D eigenvalue weighted by Gasteiger charge is 2.30. The molecule has 43 heavy (non-hydrogen) atoms. The predicted octanol–water partition coefficient (Wildman–Crippen LogP) is 0.586. The van der Waals surface area contributed by atoms with Crippen molar-refractivity contribution in [2.45, 2.75) is 56.8 Å². The van der Waals surface area contributed by atoms with Gasteiger partial charge in [-0.2, -0.15) is 0 Å². The van der Waals surface area contributed by atoms with Gasteiger partial charge < -0.3 is 42.5 Å². The second-order valence-electron chi connectivity index (χ2n) is 10.4. The lowest BCUT2D eigenvalue weighted by molar-refractivity contribution is -0.141. The number of para-hydroxylation sites is 2. The first-order valence-electron chi connectivity index (χ1n) is 13.8. The number of aromatic amines is 2. The lowest BCUT2D eigenvalue weighted by Gasteiger charge is -2.24. The maximum atomic E-state index is 13.5. The molecule has 0 fully saturated rings. The van der Waals surface area contributed by atoms with E-state index in [4.69, 9.17) is 11.5 Å². The van der Waals surface area contributed by atoms with Crippen LogP contribution in [-0.4, -0.2) is 68.8 Å². The standard InChI is InChI=1S/C30H35N7O6/c1-16(30(42)43)35-29(41)25(13-18-15-34-23-9-5-3-7-20(18)23)37-28(40)24(10-11-26(32)38)36-27(39)21(31)12-17-14-33-22-8-4-2-6-19(17)22/h2-9,14-16,21,24-25,33-34H,10-13,31H2,1H3,(H2,32,38)(H,35,41)(H,36,39)(H,37,40)(H,42,43). The first-order valence-corrected chi connectivity index (χ1v) is 13.8. The third kappa shape index (κ3) is 7.77. The van der Waals surface area contributed by atoms with Crippen LogP contribution in [0.3, 0.4) is 0 Å². The molecule has 13 nitrogen and oxygen atoms in total. The van der Waals surface area contributed by atoms with E-state index in [1.54, 1.807) is 12.4 Å². The van der Waals surface area contributed by atoms with E-state index >= 15 is 0 Å². The number of aromatic nitrogens is 2. The van der Waals surface area contributed by atoms with Gasteiger partial charge in [-0.3, -0.25) is 24.0 Å². The zero-order valence-corrected chi connectivity index (χ0v) is 23.6. The highest BCUT2D eigenvalue weighted by atomic mass is 16.4. The Morgan fingerprint density at radius 1 is 0.767 bits per heavy atom. The highest BCUT2D eigenvalue weighted by molar-refractivity contribution is 5.95. The number of H-pyrrole nitrogens is 2. The van der Waals surface area contributed by atoms with Gasteiger partial charge in [0.25, 0.3) is 0 Å². The number of nitrogens with one attached hydrogen (secondary N) is 5. The SMILES string of the molecule is CC(NC(=O)C(Cc1c[nH]c2ccccc12)NC(=O)C(CCC(N)=O)NC(=O)C(N)Cc1c[nH]c2ccccc12)C(=O)O. The van der Waals surface area contributed by atoms with Crippen LogP contribution in [0.2, 0.25) is 0 Å². The molecular formula is C30H35N7O6. The number of nitrogens with two attached hydrogens (primary N) is 2. The van der Waals surface area contributed by atoms with Crippen LogP contribution in [0, 0.1) is 0 Å². The zero-order chi connectivity index (χ0) is 31.1. The van der Waals surface area contributed by atoms with Gasteiger partial charge in [0.15, 0.2) is 0 Å². The summed E-state index contributed by atoms with van der Waals surface area (Å²) in [7, 11) is 0. The van der Waals surface area contributed by atoms with Crippen molar-refractivity contribution < 1.29 is 29.1 Å². The van der Waals surface area contributed by atoms with Gasteiger partial charge in [0.05, 0.1) is 6.04 Å². The number of aliphatic carboxylic acids is 1. The molecule has 0 aliphatic rings. The first-order chi connectivity index (χ1) is 20.5. The van der Waals surface area contributed by atoms with Gasteiger partial charge in [-0.1, -0.05) is 36.4 Å². The second kappa shape index (κ2) is 13.7. The summed E-state index contributed by atoms with van der Waals surface area (Å²) in [5, 5.41) is 18.6. The Morgan fingerprint density at radius 3 is 1.84 bits per heavy atom. The molecule has 4 amide bonds. The fourth-order valence-corrected chi connectivity index (χ4v) is 4.84. The quantitative estimate of drug-likeness (QED) is 0.104. The summed E-state index contributed by atoms with van der Waals surface area (Å²) in [6.07, 6.45) is 3.31. The van der Waals surface area contributed by atoms with Crippen LogP contribution < -0.4 is 27.4 Å². The van der Waals surface area contributed by atoms with Crippen LogP contribution in [0.25, 0.3) is 21.8 Å². The number of hydrogen-bond donors (Lipinski definition) is 8. The molecule has 0 bridgehead atoms. The van der Waals surface area contributed by atoms with Gasteiger partial charge in [0.1, 0.15) is 18.1 Å². The van der Waals surface area contributed by atoms with E-state index in [-0.39, 0.29) is 25.7 Å². The largest absolute Gasteiger partial charge is 0.480 e. The van der Waals surface area contributed by atoms with Crippen LogP contribution in [0.5, 0.6) is 0 Å². The van der Waals surface area contributed by atoms with Crippen molar-refractivity contribution in [3.8, 4) is 0 Å². The van der Waals surface area contributed by atoms with E-state index in [1.165, 1.54) is 6.92 Å². The predicted molar refractivity (Wildman–Crippen MR) is 160 cm³/mol. The molecule has 4 unspecified atom stereocenters. The Bertz CT molecular complexity index is 1640. The number of hydrogen-bond acceptors (Lipinski definition) is 6. The van der Waals surface area contributed by atoms with Crippen molar-refractivity contribution >= 4 is 51.4 Å². The van der Waals surface area contributed by atoms with E-state index in [0.717, 1.165) is 27.4 Å². The van der Waals surface area contributed by atoms with Gasteiger partial charge in [-0.15, -0.1) is 0 Å². The van der Waals surface area contributed by atoms with Gasteiger partial charge in [0, 0.05) is 47.0 Å². The van der Waals surface area contributed by atoms with Crippen LogP contribution in [0.15, 0.2) is 60.9 Å². The number of carboxylic acid groups (broad SMARTS) is 1. The number of fused-ring (bicyclic) bond motifs is 2. The monoisotopic (exact) mass is 589 g/mol. The molecule has 4 aromatic rings. The van der Waals surface area contributed by atoms with Gasteiger partial charge >= 0.3 is 5.97 Å². The molecule has 226 valence electrons. The Balaban J connectivity index is 1.51. The van der Waals surface area contributed by atoms with E-state index < -0.39 is 53.8 Å². The van der Waals surface area contributed by atoms with Crippen molar-refractivity contribution in [3.63, 3.8) is 0 Å². The average Bonchev–Trinajstić information content (AvgIpc) is 3.58. The Labute approximate surface area is 246 Å². The molecular weight excluding hydrogens is 554 g/mol. The molecule has 2 heterocycles. The van der Waals surface area contributed by atoms with Crippen molar-refractivity contribution in [2.75, 3.05) is 0 Å². The van der Waals surface area contributed by atoms with Crippen molar-refractivity contribution in [1.82, 2.24) is 25.9 Å². The Kier molecular flexibility index (Phi) is 9.78. The third-order valence-electron chi connectivity index (χ3n) is 7.23. The lowest BCUT2D eigenvalue weighted by Crippen LogP contribution is -2.57. The number of carbonyl (C=O) groups is 5. The lowest BCUT2D eigenvalue weighted by atomic mass is 10.0. The van der Waals surface area contributed by atoms with E-state index in [9.17, 15) is 29.1 Å². The number of amides is 4. The molecule has 0 aliphatic carbocycles. The molecule has 0 radical (unpaired) electrons. The molecule has 2 aromatic carbocycles. The number of primary amides is 1. The molecule has 0 saturated carbocycles. The fraction of sp³-hybridized carbons (Fsp3) is 0.300. The Morgan fingerprint density at radius 2 is 1.28 bits per heavy atom. The summed E-state index contributed by atoms with van der Waals surface area (Å²) >= 11 is 0. The summed E-state index contributed by atoms with van der Waals surface area (Å²) in [6, 6.07) is 10.2. The molecule has 0 saturated heterocycles. The smallest absolute Gasteiger partial charge is 0.325 e. The average molecular weight is 590 g/mol. The first kappa shape index (κ1) is 30.8. The molecule has 2 aromatic heterocycles. The minimum absolute atomic E-state index is 0.0183. The summed E-state index contributed by atoms with van der Waals surface area (Å²) in [4.78, 5) is 69.0. The van der Waals surface area contributed by atoms with Crippen LogP contribution in [0.1, 0.15) is 30.9 Å². The van der Waals surface area contributed by atoms with Crippen LogP contribution >= 0.6 is 0 Å². The summed E-state index contributed by atoms with van der Waals surface area (Å²) < 4.78 is 0. The topological polar surface area (TPSA) is 225 Å². The Hall–Kier alpha value is -5.17. The van der Waals surface area contributed by atoms with Crippen molar-refractivity contribution in [3.05, 3.63) is 72.1 Å². The molecule has 0 aliphatic heterocycles. The van der Waals surface area contributed by atoms with Gasteiger partial charge in [-0.05, 0) is 43.0 Å². The molecule has 0 spiro atoms. The minimum atomic E-state index is -1.25. The maximum absolute atomic E-state index is 13.5. The van der Waals surface area contributed by atoms with Gasteiger partial charge in [-0.25, -0.2) is 0 Å². The van der Waals surface area contributed by atoms with Crippen molar-refractivity contribution in [2.24, 2.45) is 11.5 Å². The second-order valence-corrected chi connectivity index (χ2v) is 10.4. The highest BCUT2D eigenvalue weighted by Crippen LogP contribution is 2.20. The van der Waals surface area contributed by atoms with E-state index in [2.05, 4.69) is 25.9 Å². The van der Waals surface area contributed by atoms with Crippen molar-refractivity contribution in [1.29, 1.82) is 0 Å². The number of benzene rings is 2. The third-order valence-corrected chi connectivity index (χ3v) is 7.23. The summed E-state index contributed by atoms with van der Waals surface area (Å²) in [5.74, 6) is -4.05.